The largest absolute Gasteiger partial charge is 0.496 e. The van der Waals surface area contributed by atoms with Crippen LogP contribution in [-0.2, 0) is 0 Å². The Morgan fingerprint density at radius 1 is 0.457 bits per heavy atom. The van der Waals surface area contributed by atoms with Crippen LogP contribution in [0, 0.1) is 23.7 Å². The van der Waals surface area contributed by atoms with Gasteiger partial charge in [0.05, 0.1) is 14.2 Å². The Morgan fingerprint density at radius 3 is 1.13 bits per heavy atom. The van der Waals surface area contributed by atoms with Crippen LogP contribution in [0.25, 0.3) is 33.4 Å². The number of hydrogen-bond acceptors (Lipinski definition) is 2. The van der Waals surface area contributed by atoms with Gasteiger partial charge in [0.25, 0.3) is 0 Å². The summed E-state index contributed by atoms with van der Waals surface area (Å²) in [6.45, 7) is 0. The zero-order valence-electron chi connectivity index (χ0n) is 27.6. The summed E-state index contributed by atoms with van der Waals surface area (Å²) in [5.41, 5.74) is 8.16. The molecule has 0 N–H and O–H groups in total. The van der Waals surface area contributed by atoms with Gasteiger partial charge in [-0.15, -0.1) is 0 Å². The summed E-state index contributed by atoms with van der Waals surface area (Å²) >= 11 is 0. The van der Waals surface area contributed by atoms with E-state index in [2.05, 4.69) is 84.9 Å². The van der Waals surface area contributed by atoms with Crippen LogP contribution >= 0.6 is 15.8 Å². The van der Waals surface area contributed by atoms with E-state index in [9.17, 15) is 0 Å². The molecule has 4 aliphatic rings. The van der Waals surface area contributed by atoms with Crippen molar-refractivity contribution in [1.29, 1.82) is 0 Å². The van der Waals surface area contributed by atoms with Crippen molar-refractivity contribution in [3.63, 3.8) is 0 Å². The molecule has 4 fully saturated rings. The fraction of sp³-hybridized carbons (Fsp3) is 0.429. The van der Waals surface area contributed by atoms with Crippen LogP contribution in [0.5, 0.6) is 11.5 Å². The first-order valence-electron chi connectivity index (χ1n) is 17.8. The molecule has 0 unspecified atom stereocenters. The summed E-state index contributed by atoms with van der Waals surface area (Å²) in [6.07, 6.45) is 16.7. The Hall–Kier alpha value is -2.66. The third kappa shape index (κ3) is 5.63. The summed E-state index contributed by atoms with van der Waals surface area (Å²) in [6, 6.07) is 31.7. The minimum Gasteiger partial charge on any atom is -0.496 e. The maximum absolute atomic E-state index is 6.43. The average molecular weight is 647 g/mol. The van der Waals surface area contributed by atoms with E-state index >= 15 is 0 Å². The van der Waals surface area contributed by atoms with Gasteiger partial charge < -0.3 is 9.47 Å². The number of rotatable bonds is 7. The fourth-order valence-corrected chi connectivity index (χ4v) is 16.9. The first-order valence-corrected chi connectivity index (χ1v) is 21.2. The van der Waals surface area contributed by atoms with E-state index < -0.39 is 0 Å². The summed E-state index contributed by atoms with van der Waals surface area (Å²) in [7, 11) is 3.07. The normalized spacial score (nSPS) is 24.8. The van der Waals surface area contributed by atoms with Crippen molar-refractivity contribution in [1.82, 2.24) is 0 Å². The monoisotopic (exact) mass is 646 g/mol. The molecule has 8 rings (SSSR count). The molecule has 0 spiro atoms. The predicted octanol–water partition coefficient (Wildman–Crippen LogP) is 10.6. The molecule has 2 nitrogen and oxygen atoms in total. The Labute approximate surface area is 278 Å². The molecule has 2 saturated carbocycles. The summed E-state index contributed by atoms with van der Waals surface area (Å²) in [5, 5.41) is 3.15. The van der Waals surface area contributed by atoms with Crippen molar-refractivity contribution in [3.05, 3.63) is 84.9 Å². The van der Waals surface area contributed by atoms with Gasteiger partial charge in [0, 0.05) is 11.1 Å². The molecule has 2 aliphatic heterocycles. The van der Waals surface area contributed by atoms with Gasteiger partial charge in [-0.3, -0.25) is 0 Å². The summed E-state index contributed by atoms with van der Waals surface area (Å²) < 4.78 is 12.9. The number of fused-ring (bicyclic) bond motifs is 2. The number of ether oxygens (including phenoxy) is 2. The van der Waals surface area contributed by atoms with Crippen LogP contribution in [-0.4, -0.2) is 38.9 Å². The minimum atomic E-state index is -0.349. The molecule has 0 amide bonds. The average Bonchev–Trinajstić information content (AvgIpc) is 3.76. The molecule has 0 bridgehead atoms. The van der Waals surface area contributed by atoms with Crippen LogP contribution in [0.3, 0.4) is 0 Å². The summed E-state index contributed by atoms with van der Waals surface area (Å²) in [5.74, 6) is 5.54. The molecule has 4 atom stereocenters. The van der Waals surface area contributed by atoms with Gasteiger partial charge in [-0.1, -0.05) is 114 Å². The van der Waals surface area contributed by atoms with Crippen LogP contribution < -0.4 is 20.1 Å². The van der Waals surface area contributed by atoms with E-state index in [1.165, 1.54) is 109 Å². The second-order valence-corrected chi connectivity index (χ2v) is 18.7. The standard InChI is InChI=1S/C42H48O2P2/c1-43-37-23-21-35(29-13-5-3-6-14-29)41(45-25-31-17-9-10-18-32(31)26-45)39(37)40-38(44-2)24-22-36(30-15-7-4-8-16-30)42(40)46-27-33-19-11-12-20-34(33)28-46/h3-8,13-16,21-24,31-34H,9-12,17-20,25-28H2,1-2H3/t31-,32-,33-,34-/m1/s1. The Kier molecular flexibility index (Phi) is 8.97. The third-order valence-electron chi connectivity index (χ3n) is 11.7. The Balaban J connectivity index is 1.41. The lowest BCUT2D eigenvalue weighted by Gasteiger charge is -2.29. The Morgan fingerprint density at radius 2 is 0.804 bits per heavy atom. The molecule has 0 aromatic heterocycles. The van der Waals surface area contributed by atoms with E-state index in [-0.39, 0.29) is 15.8 Å². The molecular formula is C42H48O2P2. The number of hydrogen-bond donors (Lipinski definition) is 0. The maximum atomic E-state index is 6.43. The quantitative estimate of drug-likeness (QED) is 0.186. The topological polar surface area (TPSA) is 18.5 Å². The molecule has 2 heterocycles. The smallest absolute Gasteiger partial charge is 0.127 e. The molecule has 4 heteroatoms. The first kappa shape index (κ1) is 30.7. The molecule has 4 aromatic rings. The predicted molar refractivity (Wildman–Crippen MR) is 199 cm³/mol. The van der Waals surface area contributed by atoms with Crippen molar-refractivity contribution in [2.75, 3.05) is 38.9 Å². The van der Waals surface area contributed by atoms with Crippen LogP contribution in [0.1, 0.15) is 51.4 Å². The lowest BCUT2D eigenvalue weighted by atomic mass is 9.82. The van der Waals surface area contributed by atoms with Gasteiger partial charge in [0.1, 0.15) is 11.5 Å². The highest BCUT2D eigenvalue weighted by atomic mass is 31.1. The minimum absolute atomic E-state index is 0.349. The molecule has 4 aromatic carbocycles. The molecule has 0 radical (unpaired) electrons. The highest BCUT2D eigenvalue weighted by Gasteiger charge is 2.42. The van der Waals surface area contributed by atoms with E-state index in [0.29, 0.717) is 0 Å². The third-order valence-corrected chi connectivity index (χ3v) is 17.6. The van der Waals surface area contributed by atoms with Gasteiger partial charge >= 0.3 is 0 Å². The van der Waals surface area contributed by atoms with E-state index in [1.807, 2.05) is 14.2 Å². The molecular weight excluding hydrogens is 598 g/mol. The van der Waals surface area contributed by atoms with E-state index in [0.717, 1.165) is 35.2 Å². The second-order valence-electron chi connectivity index (χ2n) is 14.2. The number of benzene rings is 4. The highest BCUT2D eigenvalue weighted by Crippen LogP contribution is 2.60. The maximum Gasteiger partial charge on any atom is 0.127 e. The van der Waals surface area contributed by atoms with Gasteiger partial charge in [-0.05, 0) is 119 Å². The van der Waals surface area contributed by atoms with Crippen molar-refractivity contribution < 1.29 is 9.47 Å². The molecule has 238 valence electrons. The molecule has 46 heavy (non-hydrogen) atoms. The lowest BCUT2D eigenvalue weighted by molar-refractivity contribution is 0.299. The fourth-order valence-electron chi connectivity index (χ4n) is 9.50. The van der Waals surface area contributed by atoms with Crippen molar-refractivity contribution in [2.45, 2.75) is 51.4 Å². The lowest BCUT2D eigenvalue weighted by Crippen LogP contribution is -2.19. The van der Waals surface area contributed by atoms with Crippen molar-refractivity contribution in [3.8, 4) is 44.9 Å². The van der Waals surface area contributed by atoms with E-state index in [4.69, 9.17) is 9.47 Å². The van der Waals surface area contributed by atoms with Gasteiger partial charge in [0.2, 0.25) is 0 Å². The Bertz CT molecular complexity index is 1520. The van der Waals surface area contributed by atoms with Crippen LogP contribution in [0.2, 0.25) is 0 Å². The van der Waals surface area contributed by atoms with Crippen molar-refractivity contribution in [2.24, 2.45) is 23.7 Å². The van der Waals surface area contributed by atoms with E-state index in [1.54, 1.807) is 10.6 Å². The number of methoxy groups -OCH3 is 2. The van der Waals surface area contributed by atoms with Gasteiger partial charge in [-0.2, -0.15) is 0 Å². The molecule has 2 aliphatic carbocycles. The van der Waals surface area contributed by atoms with Gasteiger partial charge in [-0.25, -0.2) is 0 Å². The highest BCUT2D eigenvalue weighted by molar-refractivity contribution is 7.67. The summed E-state index contributed by atoms with van der Waals surface area (Å²) in [4.78, 5) is 0. The zero-order chi connectivity index (χ0) is 31.0. The molecule has 2 saturated heterocycles. The van der Waals surface area contributed by atoms with Crippen LogP contribution in [0.4, 0.5) is 0 Å². The van der Waals surface area contributed by atoms with Crippen LogP contribution in [0.15, 0.2) is 84.9 Å². The van der Waals surface area contributed by atoms with Gasteiger partial charge in [0.15, 0.2) is 0 Å². The van der Waals surface area contributed by atoms with Crippen molar-refractivity contribution >= 4 is 26.5 Å². The first-order chi connectivity index (χ1) is 22.7. The zero-order valence-corrected chi connectivity index (χ0v) is 29.4. The SMILES string of the molecule is COc1ccc(-c2ccccc2)c(P2C[C@H]3CCCC[C@@H]3C2)c1-c1c(OC)ccc(-c2ccccc2)c1P1C[C@H]2CCCC[C@@H]2C1. The second kappa shape index (κ2) is 13.5.